The zero-order chi connectivity index (χ0) is 24.3. The zero-order valence-electron chi connectivity index (χ0n) is 21.8. The standard InChI is InChI=1S/C25H48ClFO2Si2/c1-19-20(15-16-26)18-22(28-30(8,9)24(2,3)4)21(14-12-13-17-27)23(19)29-31(10,11)25(5,6)7/h15,21-23H,1,12-14,16-18H2,2-11H3/b20-15-/t21-,22+,23+/m0/s1. The van der Waals surface area contributed by atoms with E-state index in [4.69, 9.17) is 20.5 Å². The van der Waals surface area contributed by atoms with E-state index in [2.05, 4.69) is 80.4 Å². The van der Waals surface area contributed by atoms with Crippen LogP contribution in [0.2, 0.25) is 36.3 Å². The second-order valence-electron chi connectivity index (χ2n) is 12.2. The average molecular weight is 491 g/mol. The van der Waals surface area contributed by atoms with Crippen molar-refractivity contribution in [2.45, 2.75) is 116 Å². The van der Waals surface area contributed by atoms with Gasteiger partial charge in [-0.25, -0.2) is 0 Å². The Labute approximate surface area is 199 Å². The molecular formula is C25H48ClFO2Si2. The van der Waals surface area contributed by atoms with Gasteiger partial charge in [-0.15, -0.1) is 11.6 Å². The Hall–Kier alpha value is 0.0538. The van der Waals surface area contributed by atoms with Crippen LogP contribution in [-0.4, -0.2) is 41.4 Å². The first-order valence-electron chi connectivity index (χ1n) is 11.8. The van der Waals surface area contributed by atoms with Crippen LogP contribution in [0.15, 0.2) is 23.8 Å². The van der Waals surface area contributed by atoms with Crippen molar-refractivity contribution < 1.29 is 13.2 Å². The molecule has 6 heteroatoms. The Morgan fingerprint density at radius 1 is 1.00 bits per heavy atom. The van der Waals surface area contributed by atoms with Gasteiger partial charge < -0.3 is 8.85 Å². The van der Waals surface area contributed by atoms with Gasteiger partial charge in [0, 0.05) is 11.8 Å². The molecule has 0 aromatic heterocycles. The summed E-state index contributed by atoms with van der Waals surface area (Å²) in [5.74, 6) is 0.648. The molecule has 1 aliphatic rings. The predicted octanol–water partition coefficient (Wildman–Crippen LogP) is 8.65. The van der Waals surface area contributed by atoms with Crippen molar-refractivity contribution in [1.82, 2.24) is 0 Å². The molecule has 1 saturated carbocycles. The highest BCUT2D eigenvalue weighted by molar-refractivity contribution is 6.74. The number of rotatable bonds is 9. The summed E-state index contributed by atoms with van der Waals surface area (Å²) in [6, 6.07) is 0. The predicted molar refractivity (Wildman–Crippen MR) is 140 cm³/mol. The highest BCUT2D eigenvalue weighted by Crippen LogP contribution is 2.47. The fourth-order valence-electron chi connectivity index (χ4n) is 3.59. The van der Waals surface area contributed by atoms with Crippen molar-refractivity contribution >= 4 is 28.2 Å². The lowest BCUT2D eigenvalue weighted by Crippen LogP contribution is -2.53. The Morgan fingerprint density at radius 3 is 1.97 bits per heavy atom. The van der Waals surface area contributed by atoms with E-state index in [1.165, 1.54) is 5.57 Å². The van der Waals surface area contributed by atoms with Crippen LogP contribution in [0, 0.1) is 5.92 Å². The van der Waals surface area contributed by atoms with Gasteiger partial charge in [-0.05, 0) is 66.7 Å². The summed E-state index contributed by atoms with van der Waals surface area (Å²) >= 11 is 6.12. The van der Waals surface area contributed by atoms with Crippen LogP contribution in [0.1, 0.15) is 67.2 Å². The summed E-state index contributed by atoms with van der Waals surface area (Å²) in [5, 5.41) is 0.220. The number of halogens is 2. The Morgan fingerprint density at radius 2 is 1.52 bits per heavy atom. The molecule has 0 unspecified atom stereocenters. The minimum atomic E-state index is -2.04. The summed E-state index contributed by atoms with van der Waals surface area (Å²) in [4.78, 5) is 0. The Kier molecular flexibility index (Phi) is 10.3. The fourth-order valence-corrected chi connectivity index (χ4v) is 6.45. The normalized spacial score (nSPS) is 25.4. The number of alkyl halides is 2. The summed E-state index contributed by atoms with van der Waals surface area (Å²) in [6.07, 6.45) is 5.18. The van der Waals surface area contributed by atoms with Crippen LogP contribution in [0.4, 0.5) is 4.39 Å². The molecule has 0 saturated heterocycles. The highest BCUT2D eigenvalue weighted by atomic mass is 35.5. The van der Waals surface area contributed by atoms with E-state index in [0.29, 0.717) is 12.3 Å². The SMILES string of the molecule is C=C1/C(=C\CCl)C[C@@H](O[Si](C)(C)C(C)(C)C)[C@H](CCCCF)[C@@H]1O[Si](C)(C)C(C)(C)C. The van der Waals surface area contributed by atoms with Crippen LogP contribution in [0.5, 0.6) is 0 Å². The molecule has 0 amide bonds. The first-order valence-corrected chi connectivity index (χ1v) is 18.2. The molecule has 0 aromatic rings. The molecule has 1 rings (SSSR count). The van der Waals surface area contributed by atoms with E-state index >= 15 is 0 Å². The maximum atomic E-state index is 12.9. The van der Waals surface area contributed by atoms with E-state index in [1.807, 2.05) is 0 Å². The zero-order valence-corrected chi connectivity index (χ0v) is 24.6. The van der Waals surface area contributed by atoms with Crippen molar-refractivity contribution in [2.75, 3.05) is 12.6 Å². The van der Waals surface area contributed by atoms with Gasteiger partial charge in [0.2, 0.25) is 0 Å². The van der Waals surface area contributed by atoms with E-state index in [9.17, 15) is 4.39 Å². The minimum absolute atomic E-state index is 0.0511. The van der Waals surface area contributed by atoms with E-state index in [1.54, 1.807) is 0 Å². The van der Waals surface area contributed by atoms with Crippen molar-refractivity contribution in [3.05, 3.63) is 23.8 Å². The quantitative estimate of drug-likeness (QED) is 0.183. The van der Waals surface area contributed by atoms with E-state index in [-0.39, 0.29) is 34.9 Å². The van der Waals surface area contributed by atoms with Crippen molar-refractivity contribution in [3.8, 4) is 0 Å². The minimum Gasteiger partial charge on any atom is -0.413 e. The summed E-state index contributed by atoms with van der Waals surface area (Å²) < 4.78 is 26.9. The van der Waals surface area contributed by atoms with E-state index < -0.39 is 16.6 Å². The monoisotopic (exact) mass is 490 g/mol. The molecule has 2 nitrogen and oxygen atoms in total. The lowest BCUT2D eigenvalue weighted by Gasteiger charge is -2.49. The van der Waals surface area contributed by atoms with Crippen molar-refractivity contribution in [2.24, 2.45) is 5.92 Å². The maximum absolute atomic E-state index is 12.9. The molecule has 0 N–H and O–H groups in total. The number of unbranched alkanes of at least 4 members (excludes halogenated alkanes) is 1. The molecule has 0 bridgehead atoms. The third-order valence-corrected chi connectivity index (χ3v) is 16.9. The highest BCUT2D eigenvalue weighted by Gasteiger charge is 2.48. The first-order chi connectivity index (χ1) is 14.0. The van der Waals surface area contributed by atoms with Crippen LogP contribution < -0.4 is 0 Å². The average Bonchev–Trinajstić information content (AvgIpc) is 2.59. The second-order valence-corrected chi connectivity index (χ2v) is 22.0. The lowest BCUT2D eigenvalue weighted by molar-refractivity contribution is 0.0250. The maximum Gasteiger partial charge on any atom is 0.192 e. The topological polar surface area (TPSA) is 18.5 Å². The van der Waals surface area contributed by atoms with Gasteiger partial charge in [0.1, 0.15) is 0 Å². The molecule has 0 heterocycles. The molecule has 31 heavy (non-hydrogen) atoms. The van der Waals surface area contributed by atoms with Crippen LogP contribution >= 0.6 is 11.6 Å². The largest absolute Gasteiger partial charge is 0.413 e. The Balaban J connectivity index is 3.41. The number of hydrogen-bond donors (Lipinski definition) is 0. The molecule has 182 valence electrons. The summed E-state index contributed by atoms with van der Waals surface area (Å²) in [6.45, 7) is 27.0. The van der Waals surface area contributed by atoms with Gasteiger partial charge in [0.05, 0.1) is 18.9 Å². The van der Waals surface area contributed by atoms with Crippen molar-refractivity contribution in [1.29, 1.82) is 0 Å². The molecule has 1 fully saturated rings. The molecular weight excluding hydrogens is 443 g/mol. The van der Waals surface area contributed by atoms with Gasteiger partial charge >= 0.3 is 0 Å². The van der Waals surface area contributed by atoms with Gasteiger partial charge in [-0.2, -0.15) is 0 Å². The van der Waals surface area contributed by atoms with Crippen LogP contribution in [0.25, 0.3) is 0 Å². The number of allylic oxidation sites excluding steroid dienone is 1. The van der Waals surface area contributed by atoms with Gasteiger partial charge in [-0.3, -0.25) is 4.39 Å². The lowest BCUT2D eigenvalue weighted by atomic mass is 9.76. The smallest absolute Gasteiger partial charge is 0.192 e. The fraction of sp³-hybridized carbons (Fsp3) is 0.840. The van der Waals surface area contributed by atoms with E-state index in [0.717, 1.165) is 24.8 Å². The van der Waals surface area contributed by atoms with Crippen molar-refractivity contribution in [3.63, 3.8) is 0 Å². The molecule has 3 atom stereocenters. The Bertz CT molecular complexity index is 632. The molecule has 0 aliphatic heterocycles. The van der Waals surface area contributed by atoms with Gasteiger partial charge in [0.25, 0.3) is 0 Å². The van der Waals surface area contributed by atoms with Crippen LogP contribution in [0.3, 0.4) is 0 Å². The first kappa shape index (κ1) is 29.1. The molecule has 0 radical (unpaired) electrons. The van der Waals surface area contributed by atoms with Crippen LogP contribution in [-0.2, 0) is 8.85 Å². The molecule has 0 spiro atoms. The van der Waals surface area contributed by atoms with Gasteiger partial charge in [-0.1, -0.05) is 60.6 Å². The second kappa shape index (κ2) is 11.0. The van der Waals surface area contributed by atoms with Gasteiger partial charge in [0.15, 0.2) is 16.6 Å². The third-order valence-electron chi connectivity index (χ3n) is 7.77. The summed E-state index contributed by atoms with van der Waals surface area (Å²) in [7, 11) is -4.03. The molecule has 0 aromatic carbocycles. The molecule has 1 aliphatic carbocycles. The summed E-state index contributed by atoms with van der Waals surface area (Å²) in [5.41, 5.74) is 2.22. The number of hydrogen-bond acceptors (Lipinski definition) is 2. The third kappa shape index (κ3) is 7.53.